The average Bonchev–Trinajstić information content (AvgIpc) is 2.00. The molecular weight excluding hydrogens is 258 g/mol. The summed E-state index contributed by atoms with van der Waals surface area (Å²) < 4.78 is 61.2. The third kappa shape index (κ3) is 5.17. The van der Waals surface area contributed by atoms with E-state index in [-0.39, 0.29) is 36.7 Å². The van der Waals surface area contributed by atoms with Crippen LogP contribution in [0.4, 0.5) is 13.2 Å². The van der Waals surface area contributed by atoms with Crippen molar-refractivity contribution in [1.29, 1.82) is 0 Å². The minimum Gasteiger partial charge on any atom is -1.00 e. The van der Waals surface area contributed by atoms with Gasteiger partial charge < -0.3 is 5.61 Å². The topological polar surface area (TPSA) is 69.4 Å². The zero-order chi connectivity index (χ0) is 11.7. The average molecular weight is 265 g/mol. The standard InChI is InChI=1S/C7H6F3NO3S.Na.H/c8-7(9,10)5-1-3-6(4-2-5)14-15(11,12)13;;/h1-4H,(H2,11,12,13);;/q;+1;-1. The van der Waals surface area contributed by atoms with Gasteiger partial charge in [-0.2, -0.15) is 26.7 Å². The number of nitrogens with two attached hydrogens (primary N) is 1. The summed E-state index contributed by atoms with van der Waals surface area (Å²) in [5, 5.41) is 4.52. The number of alkyl halides is 3. The molecule has 0 atom stereocenters. The van der Waals surface area contributed by atoms with E-state index in [1.807, 2.05) is 0 Å². The van der Waals surface area contributed by atoms with Crippen LogP contribution in [0, 0.1) is 0 Å². The molecule has 0 bridgehead atoms. The van der Waals surface area contributed by atoms with Crippen LogP contribution in [0.1, 0.15) is 6.99 Å². The van der Waals surface area contributed by atoms with Crippen LogP contribution >= 0.6 is 0 Å². The van der Waals surface area contributed by atoms with Gasteiger partial charge in [0.05, 0.1) is 5.56 Å². The zero-order valence-electron chi connectivity index (χ0n) is 9.15. The molecule has 0 amide bonds. The molecule has 0 aliphatic carbocycles. The first kappa shape index (κ1) is 15.7. The molecule has 9 heteroatoms. The Morgan fingerprint density at radius 3 is 1.94 bits per heavy atom. The molecule has 0 heterocycles. The predicted octanol–water partition coefficient (Wildman–Crippen LogP) is -1.60. The van der Waals surface area contributed by atoms with Crippen molar-refractivity contribution in [1.82, 2.24) is 0 Å². The fourth-order valence-electron chi connectivity index (χ4n) is 0.834. The molecule has 0 saturated heterocycles. The molecular formula is C7H7F3NNaO3S. The van der Waals surface area contributed by atoms with Gasteiger partial charge in [-0.25, -0.2) is 0 Å². The van der Waals surface area contributed by atoms with E-state index in [2.05, 4.69) is 9.32 Å². The maximum Gasteiger partial charge on any atom is 1.00 e. The molecule has 16 heavy (non-hydrogen) atoms. The van der Waals surface area contributed by atoms with Crippen LogP contribution in [0.3, 0.4) is 0 Å². The third-order valence-corrected chi connectivity index (χ3v) is 1.82. The van der Waals surface area contributed by atoms with Crippen LogP contribution in [-0.4, -0.2) is 8.42 Å². The first-order valence-corrected chi connectivity index (χ1v) is 5.05. The van der Waals surface area contributed by atoms with Crippen LogP contribution in [0.15, 0.2) is 24.3 Å². The summed E-state index contributed by atoms with van der Waals surface area (Å²) >= 11 is 0. The Morgan fingerprint density at radius 1 is 1.19 bits per heavy atom. The normalized spacial score (nSPS) is 11.8. The van der Waals surface area contributed by atoms with Gasteiger partial charge in [-0.3, -0.25) is 0 Å². The van der Waals surface area contributed by atoms with Gasteiger partial charge in [-0.05, 0) is 24.3 Å². The molecule has 0 saturated carbocycles. The molecule has 0 spiro atoms. The number of hydrogen-bond acceptors (Lipinski definition) is 3. The van der Waals surface area contributed by atoms with E-state index in [1.165, 1.54) is 0 Å². The van der Waals surface area contributed by atoms with Gasteiger partial charge in [0, 0.05) is 0 Å². The van der Waals surface area contributed by atoms with E-state index in [1.54, 1.807) is 0 Å². The molecule has 1 aromatic rings. The first-order valence-electron chi connectivity index (χ1n) is 3.58. The third-order valence-electron chi connectivity index (χ3n) is 1.39. The number of hydrogen-bond donors (Lipinski definition) is 1. The Kier molecular flexibility index (Phi) is 5.27. The van der Waals surface area contributed by atoms with Crippen molar-refractivity contribution >= 4 is 10.3 Å². The SMILES string of the molecule is NS(=O)(=O)Oc1ccc(C(F)(F)F)cc1.[H-].[Na+]. The molecule has 4 nitrogen and oxygen atoms in total. The van der Waals surface area contributed by atoms with Crippen LogP contribution in [-0.2, 0) is 16.5 Å². The molecule has 0 fully saturated rings. The Labute approximate surface area is 114 Å². The van der Waals surface area contributed by atoms with Gasteiger partial charge in [0.1, 0.15) is 5.75 Å². The Morgan fingerprint density at radius 2 is 1.62 bits per heavy atom. The van der Waals surface area contributed by atoms with E-state index in [0.717, 1.165) is 12.1 Å². The fraction of sp³-hybridized carbons (Fsp3) is 0.143. The van der Waals surface area contributed by atoms with Gasteiger partial charge in [0.2, 0.25) is 0 Å². The van der Waals surface area contributed by atoms with Crippen LogP contribution in [0.25, 0.3) is 0 Å². The van der Waals surface area contributed by atoms with Crippen molar-refractivity contribution in [2.24, 2.45) is 5.14 Å². The van der Waals surface area contributed by atoms with E-state index in [9.17, 15) is 21.6 Å². The van der Waals surface area contributed by atoms with Crippen LogP contribution < -0.4 is 38.9 Å². The zero-order valence-corrected chi connectivity index (χ0v) is 11.0. The van der Waals surface area contributed by atoms with E-state index in [0.29, 0.717) is 12.1 Å². The molecule has 86 valence electrons. The molecule has 0 unspecified atom stereocenters. The van der Waals surface area contributed by atoms with Crippen molar-refractivity contribution in [2.75, 3.05) is 0 Å². The largest absolute Gasteiger partial charge is 1.00 e. The van der Waals surface area contributed by atoms with E-state index < -0.39 is 22.0 Å². The second kappa shape index (κ2) is 5.37. The Bertz CT molecular complexity index is 448. The van der Waals surface area contributed by atoms with Gasteiger partial charge in [0.15, 0.2) is 0 Å². The summed E-state index contributed by atoms with van der Waals surface area (Å²) in [6.07, 6.45) is -4.47. The van der Waals surface area contributed by atoms with Crippen molar-refractivity contribution in [3.63, 3.8) is 0 Å². The molecule has 0 aromatic heterocycles. The quantitative estimate of drug-likeness (QED) is 0.655. The van der Waals surface area contributed by atoms with Gasteiger partial charge >= 0.3 is 46.0 Å². The fourth-order valence-corrected chi connectivity index (χ4v) is 1.21. The molecule has 0 aliphatic heterocycles. The summed E-state index contributed by atoms with van der Waals surface area (Å²) in [6, 6.07) is 3.13. The maximum atomic E-state index is 12.1. The molecule has 2 N–H and O–H groups in total. The van der Waals surface area contributed by atoms with Gasteiger partial charge in [0.25, 0.3) is 0 Å². The van der Waals surface area contributed by atoms with Gasteiger partial charge in [-0.15, -0.1) is 0 Å². The van der Waals surface area contributed by atoms with Crippen LogP contribution in [0.5, 0.6) is 5.75 Å². The minimum atomic E-state index is -4.47. The first-order chi connectivity index (χ1) is 6.68. The summed E-state index contributed by atoms with van der Waals surface area (Å²) in [5.74, 6) is -0.273. The Hall–Kier alpha value is -0.280. The van der Waals surface area contributed by atoms with Crippen molar-refractivity contribution < 1.29 is 56.8 Å². The molecule has 0 radical (unpaired) electrons. The summed E-state index contributed by atoms with van der Waals surface area (Å²) in [6.45, 7) is 0. The smallest absolute Gasteiger partial charge is 1.00 e. The molecule has 1 rings (SSSR count). The van der Waals surface area contributed by atoms with E-state index >= 15 is 0 Å². The summed E-state index contributed by atoms with van der Waals surface area (Å²) in [4.78, 5) is 0. The maximum absolute atomic E-state index is 12.1. The van der Waals surface area contributed by atoms with Crippen molar-refractivity contribution in [3.8, 4) is 5.75 Å². The van der Waals surface area contributed by atoms with Crippen molar-refractivity contribution in [2.45, 2.75) is 6.18 Å². The molecule has 1 aromatic carbocycles. The van der Waals surface area contributed by atoms with Gasteiger partial charge in [-0.1, -0.05) is 0 Å². The Balaban J connectivity index is 0. The second-order valence-corrected chi connectivity index (χ2v) is 3.75. The van der Waals surface area contributed by atoms with E-state index in [4.69, 9.17) is 0 Å². The number of rotatable bonds is 2. The number of benzene rings is 1. The predicted molar refractivity (Wildman–Crippen MR) is 46.3 cm³/mol. The summed E-state index contributed by atoms with van der Waals surface area (Å²) in [5.41, 5.74) is -0.899. The van der Waals surface area contributed by atoms with Crippen molar-refractivity contribution in [3.05, 3.63) is 29.8 Å². The monoisotopic (exact) mass is 265 g/mol. The minimum absolute atomic E-state index is 0. The number of halogens is 3. The molecule has 0 aliphatic rings. The summed E-state index contributed by atoms with van der Waals surface area (Å²) in [7, 11) is -4.21. The second-order valence-electron chi connectivity index (χ2n) is 2.60. The van der Waals surface area contributed by atoms with Crippen LogP contribution in [0.2, 0.25) is 0 Å².